The Bertz CT molecular complexity index is 2950. The maximum atomic E-state index is 2.57. The fourth-order valence-corrected chi connectivity index (χ4v) is 10.8. The second kappa shape index (κ2) is 12.3. The van der Waals surface area contributed by atoms with Crippen molar-refractivity contribution in [1.29, 1.82) is 0 Å². The van der Waals surface area contributed by atoms with Crippen LogP contribution in [0.2, 0.25) is 0 Å². The zero-order chi connectivity index (χ0) is 39.6. The van der Waals surface area contributed by atoms with Crippen LogP contribution < -0.4 is 4.90 Å². The molecule has 0 bridgehead atoms. The number of anilines is 3. The highest BCUT2D eigenvalue weighted by Gasteiger charge is 2.44. The first-order valence-corrected chi connectivity index (χ1v) is 20.8. The number of benzene rings is 8. The summed E-state index contributed by atoms with van der Waals surface area (Å²) in [5, 5.41) is 0. The number of fused-ring (bicyclic) bond motifs is 9. The van der Waals surface area contributed by atoms with E-state index in [9.17, 15) is 0 Å². The van der Waals surface area contributed by atoms with E-state index < -0.39 is 0 Å². The van der Waals surface area contributed by atoms with Crippen molar-refractivity contribution in [2.45, 2.75) is 57.8 Å². The molecule has 1 nitrogen and oxygen atoms in total. The molecule has 0 radical (unpaired) electrons. The summed E-state index contributed by atoms with van der Waals surface area (Å²) in [5.74, 6) is 0. The maximum Gasteiger partial charge on any atom is 0.0465 e. The summed E-state index contributed by atoms with van der Waals surface area (Å²) in [6, 6.07) is 65.9. The summed E-state index contributed by atoms with van der Waals surface area (Å²) < 4.78 is 0. The summed E-state index contributed by atoms with van der Waals surface area (Å²) in [6.07, 6.45) is 0. The van der Waals surface area contributed by atoms with E-state index in [1.807, 2.05) is 0 Å². The van der Waals surface area contributed by atoms with Crippen molar-refractivity contribution < 1.29 is 0 Å². The van der Waals surface area contributed by atoms with E-state index in [1.54, 1.807) is 0 Å². The maximum absolute atomic E-state index is 2.57. The van der Waals surface area contributed by atoms with Crippen LogP contribution in [0.5, 0.6) is 0 Å². The van der Waals surface area contributed by atoms with Gasteiger partial charge in [-0.1, -0.05) is 181 Å². The largest absolute Gasteiger partial charge is 0.310 e. The Morgan fingerprint density at radius 1 is 0.276 bits per heavy atom. The van der Waals surface area contributed by atoms with Gasteiger partial charge in [-0.2, -0.15) is 0 Å². The molecule has 58 heavy (non-hydrogen) atoms. The van der Waals surface area contributed by atoms with Gasteiger partial charge in [0.2, 0.25) is 0 Å². The van der Waals surface area contributed by atoms with Crippen molar-refractivity contribution in [2.24, 2.45) is 0 Å². The summed E-state index contributed by atoms with van der Waals surface area (Å²) >= 11 is 0. The molecule has 0 saturated heterocycles. The van der Waals surface area contributed by atoms with Gasteiger partial charge in [0.15, 0.2) is 0 Å². The van der Waals surface area contributed by atoms with Gasteiger partial charge in [0.1, 0.15) is 0 Å². The lowest BCUT2D eigenvalue weighted by atomic mass is 9.76. The topological polar surface area (TPSA) is 3.24 Å². The van der Waals surface area contributed by atoms with Crippen LogP contribution >= 0.6 is 0 Å². The molecule has 0 N–H and O–H groups in total. The van der Waals surface area contributed by atoms with Gasteiger partial charge in [-0.3, -0.25) is 0 Å². The Morgan fingerprint density at radius 3 is 1.29 bits per heavy atom. The molecule has 0 heterocycles. The van der Waals surface area contributed by atoms with Crippen molar-refractivity contribution in [1.82, 2.24) is 0 Å². The normalized spacial score (nSPS) is 15.5. The van der Waals surface area contributed by atoms with Gasteiger partial charge in [-0.05, 0) is 125 Å². The first-order valence-electron chi connectivity index (χ1n) is 20.8. The number of hydrogen-bond donors (Lipinski definition) is 0. The van der Waals surface area contributed by atoms with Crippen LogP contribution in [-0.4, -0.2) is 0 Å². The number of hydrogen-bond acceptors (Lipinski definition) is 1. The van der Waals surface area contributed by atoms with Gasteiger partial charge in [-0.25, -0.2) is 0 Å². The van der Waals surface area contributed by atoms with E-state index in [0.29, 0.717) is 0 Å². The Kier molecular flexibility index (Phi) is 7.36. The highest BCUT2D eigenvalue weighted by Crippen LogP contribution is 2.61. The summed E-state index contributed by atoms with van der Waals surface area (Å²) in [7, 11) is 0. The summed E-state index contributed by atoms with van der Waals surface area (Å²) in [6.45, 7) is 14.4. The number of nitrogens with zero attached hydrogens (tertiary/aromatic N) is 1. The summed E-state index contributed by atoms with van der Waals surface area (Å²) in [4.78, 5) is 2.48. The van der Waals surface area contributed by atoms with Gasteiger partial charge in [0.25, 0.3) is 0 Å². The Morgan fingerprint density at radius 2 is 0.672 bits per heavy atom. The smallest absolute Gasteiger partial charge is 0.0465 e. The quantitative estimate of drug-likeness (QED) is 0.170. The minimum Gasteiger partial charge on any atom is -0.310 e. The SMILES string of the molecule is CC1(C)c2ccccc2-c2ccc(N(c3ccc(-c4ccccc4)cc3)c3ccc4c(c3)C(C)(C)c3cc5c(c(-c6ccccc6)c3-4)-c3ccccc3C5(C)C)cc21. The van der Waals surface area contributed by atoms with Gasteiger partial charge < -0.3 is 4.90 Å². The molecule has 280 valence electrons. The predicted molar refractivity (Wildman–Crippen MR) is 245 cm³/mol. The van der Waals surface area contributed by atoms with E-state index >= 15 is 0 Å². The molecule has 8 aromatic rings. The fourth-order valence-electron chi connectivity index (χ4n) is 10.8. The Balaban J connectivity index is 1.12. The third kappa shape index (κ3) is 4.83. The summed E-state index contributed by atoms with van der Waals surface area (Å²) in [5.41, 5.74) is 24.6. The van der Waals surface area contributed by atoms with Crippen molar-refractivity contribution in [3.63, 3.8) is 0 Å². The van der Waals surface area contributed by atoms with Crippen molar-refractivity contribution >= 4 is 17.1 Å². The molecule has 0 spiro atoms. The van der Waals surface area contributed by atoms with Crippen LogP contribution in [0.15, 0.2) is 176 Å². The molecule has 0 fully saturated rings. The van der Waals surface area contributed by atoms with Crippen LogP contribution in [0.4, 0.5) is 17.1 Å². The fraction of sp³-hybridized carbons (Fsp3) is 0.158. The molecular formula is C57H47N. The van der Waals surface area contributed by atoms with E-state index in [4.69, 9.17) is 0 Å². The molecule has 0 amide bonds. The average molecular weight is 746 g/mol. The van der Waals surface area contributed by atoms with Crippen molar-refractivity contribution in [3.05, 3.63) is 209 Å². The second-order valence-electron chi connectivity index (χ2n) is 18.1. The Hall–Kier alpha value is -6.44. The molecule has 11 rings (SSSR count). The molecule has 1 heteroatoms. The average Bonchev–Trinajstić information content (AvgIpc) is 3.73. The monoisotopic (exact) mass is 745 g/mol. The van der Waals surface area contributed by atoms with Gasteiger partial charge in [0.05, 0.1) is 0 Å². The Labute approximate surface area is 343 Å². The molecule has 0 aromatic heterocycles. The zero-order valence-electron chi connectivity index (χ0n) is 34.2. The standard InChI is InChI=1S/C57H47N/c1-55(2)46-23-15-13-21-42(46)43-31-29-40(33-48(43)55)58(39-27-25-37(26-28-39)36-17-9-7-10-18-36)41-30-32-45-49(34-41)57(5,6)51-35-50-53(44-22-14-16-24-47(44)56(50,3)4)52(54(45)51)38-19-11-8-12-20-38/h7-35H,1-6H3. The van der Waals surface area contributed by atoms with Crippen molar-refractivity contribution in [3.8, 4) is 55.6 Å². The van der Waals surface area contributed by atoms with E-state index in [-0.39, 0.29) is 16.2 Å². The van der Waals surface area contributed by atoms with E-state index in [1.165, 1.54) is 100 Å². The molecule has 3 aliphatic rings. The van der Waals surface area contributed by atoms with E-state index in [0.717, 1.165) is 5.69 Å². The molecule has 0 unspecified atom stereocenters. The molecule has 0 saturated carbocycles. The van der Waals surface area contributed by atoms with Crippen LogP contribution in [0.25, 0.3) is 55.6 Å². The minimum atomic E-state index is -0.228. The van der Waals surface area contributed by atoms with Crippen LogP contribution in [0.1, 0.15) is 74.9 Å². The van der Waals surface area contributed by atoms with Crippen LogP contribution in [-0.2, 0) is 16.2 Å². The molecule has 0 atom stereocenters. The molecule has 3 aliphatic carbocycles. The third-order valence-corrected chi connectivity index (χ3v) is 13.9. The first kappa shape index (κ1) is 34.8. The second-order valence-corrected chi connectivity index (χ2v) is 18.1. The highest BCUT2D eigenvalue weighted by molar-refractivity contribution is 6.04. The third-order valence-electron chi connectivity index (χ3n) is 13.9. The van der Waals surface area contributed by atoms with E-state index in [2.05, 4.69) is 222 Å². The van der Waals surface area contributed by atoms with Gasteiger partial charge >= 0.3 is 0 Å². The lowest BCUT2D eigenvalue weighted by molar-refractivity contribution is 0.639. The van der Waals surface area contributed by atoms with Gasteiger partial charge in [-0.15, -0.1) is 0 Å². The lowest BCUT2D eigenvalue weighted by Crippen LogP contribution is -2.19. The first-order chi connectivity index (χ1) is 28.0. The molecular weight excluding hydrogens is 699 g/mol. The molecule has 8 aromatic carbocycles. The minimum absolute atomic E-state index is 0.104. The van der Waals surface area contributed by atoms with Crippen molar-refractivity contribution in [2.75, 3.05) is 4.90 Å². The molecule has 0 aliphatic heterocycles. The highest BCUT2D eigenvalue weighted by atomic mass is 15.1. The predicted octanol–water partition coefficient (Wildman–Crippen LogP) is 15.4. The zero-order valence-corrected chi connectivity index (χ0v) is 34.2. The van der Waals surface area contributed by atoms with Crippen LogP contribution in [0.3, 0.4) is 0 Å². The van der Waals surface area contributed by atoms with Crippen LogP contribution in [0, 0.1) is 0 Å². The van der Waals surface area contributed by atoms with Gasteiger partial charge in [0, 0.05) is 33.3 Å². The number of rotatable bonds is 5. The lowest BCUT2D eigenvalue weighted by Gasteiger charge is -2.30.